The number of sulfonamides is 1. The number of nitrogens with zero attached hydrogens (tertiary/aromatic N) is 1. The van der Waals surface area contributed by atoms with Gasteiger partial charge in [0.25, 0.3) is 0 Å². The van der Waals surface area contributed by atoms with Crippen LogP contribution in [-0.4, -0.2) is 33.5 Å². The van der Waals surface area contributed by atoms with E-state index in [-0.39, 0.29) is 16.8 Å². The van der Waals surface area contributed by atoms with Crippen LogP contribution in [0, 0.1) is 0 Å². The topological polar surface area (TPSA) is 92.5 Å². The Bertz CT molecular complexity index is 910. The number of hydrogen-bond acceptors (Lipinski definition) is 4. The molecule has 3 rings (SSSR count). The highest BCUT2D eigenvalue weighted by molar-refractivity contribution is 7.89. The zero-order chi connectivity index (χ0) is 19.4. The average Bonchev–Trinajstić information content (AvgIpc) is 2.96. The summed E-state index contributed by atoms with van der Waals surface area (Å²) in [6.07, 6.45) is 2.11. The molecule has 0 aromatic heterocycles. The van der Waals surface area contributed by atoms with Gasteiger partial charge in [-0.25, -0.2) is 13.6 Å². The van der Waals surface area contributed by atoms with Crippen LogP contribution in [0.4, 0.5) is 5.69 Å². The van der Waals surface area contributed by atoms with Crippen molar-refractivity contribution in [3.8, 4) is 0 Å². The maximum absolute atomic E-state index is 12.6. The smallest absolute Gasteiger partial charge is 0.238 e. The standard InChI is InChI=1S/C20H25N3O3S/c1-15-14-17-4-2-3-5-19(17)23(15)20(24)11-13-22-12-10-16-6-8-18(9-7-16)27(21,25)26/h2-9,15,22H,10-14H2,1H3,(H2,21,25,26). The molecule has 6 nitrogen and oxygen atoms in total. The van der Waals surface area contributed by atoms with E-state index in [0.29, 0.717) is 19.5 Å². The fourth-order valence-corrected chi connectivity index (χ4v) is 3.98. The number of anilines is 1. The van der Waals surface area contributed by atoms with Crippen LogP contribution in [0.25, 0.3) is 0 Å². The van der Waals surface area contributed by atoms with Crippen LogP contribution in [0.2, 0.25) is 0 Å². The van der Waals surface area contributed by atoms with Gasteiger partial charge in [0, 0.05) is 24.7 Å². The number of primary sulfonamides is 1. The van der Waals surface area contributed by atoms with Gasteiger partial charge < -0.3 is 10.2 Å². The molecule has 2 aromatic rings. The molecule has 1 aliphatic heterocycles. The minimum Gasteiger partial charge on any atom is -0.316 e. The molecular formula is C20H25N3O3S. The molecular weight excluding hydrogens is 362 g/mol. The van der Waals surface area contributed by atoms with Crippen molar-refractivity contribution < 1.29 is 13.2 Å². The molecule has 2 aromatic carbocycles. The van der Waals surface area contributed by atoms with Crippen molar-refractivity contribution >= 4 is 21.6 Å². The summed E-state index contributed by atoms with van der Waals surface area (Å²) in [5, 5.41) is 8.37. The number of benzene rings is 2. The lowest BCUT2D eigenvalue weighted by molar-refractivity contribution is -0.118. The number of carbonyl (C=O) groups is 1. The molecule has 7 heteroatoms. The number of fused-ring (bicyclic) bond motifs is 1. The number of carbonyl (C=O) groups excluding carboxylic acids is 1. The first-order chi connectivity index (χ1) is 12.9. The summed E-state index contributed by atoms with van der Waals surface area (Å²) in [5.74, 6) is 0.137. The Hall–Kier alpha value is -2.22. The Morgan fingerprint density at radius 2 is 1.85 bits per heavy atom. The van der Waals surface area contributed by atoms with Crippen molar-refractivity contribution in [2.24, 2.45) is 5.14 Å². The summed E-state index contributed by atoms with van der Waals surface area (Å²) < 4.78 is 22.5. The van der Waals surface area contributed by atoms with Crippen LogP contribution in [0.15, 0.2) is 53.4 Å². The SMILES string of the molecule is CC1Cc2ccccc2N1C(=O)CCNCCc1ccc(S(N)(=O)=O)cc1. The van der Waals surface area contributed by atoms with E-state index in [9.17, 15) is 13.2 Å². The largest absolute Gasteiger partial charge is 0.316 e. The minimum atomic E-state index is -3.65. The molecule has 1 atom stereocenters. The lowest BCUT2D eigenvalue weighted by atomic mass is 10.1. The molecule has 144 valence electrons. The molecule has 27 heavy (non-hydrogen) atoms. The first-order valence-electron chi connectivity index (χ1n) is 9.08. The molecule has 0 saturated carbocycles. The molecule has 0 bridgehead atoms. The second-order valence-electron chi connectivity index (χ2n) is 6.88. The van der Waals surface area contributed by atoms with E-state index in [1.54, 1.807) is 12.1 Å². The van der Waals surface area contributed by atoms with Gasteiger partial charge in [0.1, 0.15) is 0 Å². The highest BCUT2D eigenvalue weighted by Gasteiger charge is 2.29. The van der Waals surface area contributed by atoms with E-state index in [1.807, 2.05) is 23.1 Å². The summed E-state index contributed by atoms with van der Waals surface area (Å²) in [5.41, 5.74) is 3.28. The number of para-hydroxylation sites is 1. The van der Waals surface area contributed by atoms with Crippen molar-refractivity contribution in [3.63, 3.8) is 0 Å². The Labute approximate surface area is 160 Å². The molecule has 0 saturated heterocycles. The van der Waals surface area contributed by atoms with Crippen LogP contribution in [-0.2, 0) is 27.7 Å². The third-order valence-corrected chi connectivity index (χ3v) is 5.76. The van der Waals surface area contributed by atoms with Crippen LogP contribution in [0.5, 0.6) is 0 Å². The van der Waals surface area contributed by atoms with Crippen molar-refractivity contribution in [2.75, 3.05) is 18.0 Å². The predicted octanol–water partition coefficient (Wildman–Crippen LogP) is 1.83. The molecule has 3 N–H and O–H groups in total. The highest BCUT2D eigenvalue weighted by Crippen LogP contribution is 2.32. The van der Waals surface area contributed by atoms with Gasteiger partial charge in [-0.3, -0.25) is 4.79 Å². The Morgan fingerprint density at radius 3 is 2.56 bits per heavy atom. The van der Waals surface area contributed by atoms with Crippen molar-refractivity contribution in [3.05, 3.63) is 59.7 Å². The minimum absolute atomic E-state index is 0.116. The van der Waals surface area contributed by atoms with Gasteiger partial charge in [-0.05, 0) is 55.6 Å². The zero-order valence-corrected chi connectivity index (χ0v) is 16.2. The Balaban J connectivity index is 1.43. The summed E-state index contributed by atoms with van der Waals surface area (Å²) in [6, 6.07) is 14.8. The van der Waals surface area contributed by atoms with Gasteiger partial charge in [0.15, 0.2) is 0 Å². The lowest BCUT2D eigenvalue weighted by Crippen LogP contribution is -2.37. The summed E-state index contributed by atoms with van der Waals surface area (Å²) in [7, 11) is -3.65. The lowest BCUT2D eigenvalue weighted by Gasteiger charge is -2.22. The monoisotopic (exact) mass is 387 g/mol. The van der Waals surface area contributed by atoms with Gasteiger partial charge in [-0.15, -0.1) is 0 Å². The van der Waals surface area contributed by atoms with Crippen molar-refractivity contribution in [1.29, 1.82) is 0 Å². The van der Waals surface area contributed by atoms with Crippen molar-refractivity contribution in [2.45, 2.75) is 37.1 Å². The first-order valence-corrected chi connectivity index (χ1v) is 10.6. The number of amides is 1. The third-order valence-electron chi connectivity index (χ3n) is 4.83. The van der Waals surface area contributed by atoms with E-state index in [1.165, 1.54) is 17.7 Å². The van der Waals surface area contributed by atoms with E-state index in [4.69, 9.17) is 5.14 Å². The number of nitrogens with two attached hydrogens (primary N) is 1. The maximum Gasteiger partial charge on any atom is 0.238 e. The number of nitrogens with one attached hydrogen (secondary N) is 1. The molecule has 0 fully saturated rings. The molecule has 0 radical (unpaired) electrons. The summed E-state index contributed by atoms with van der Waals surface area (Å²) in [6.45, 7) is 3.41. The number of hydrogen-bond donors (Lipinski definition) is 2. The van der Waals surface area contributed by atoms with Crippen LogP contribution in [0.3, 0.4) is 0 Å². The molecule has 0 aliphatic carbocycles. The second-order valence-corrected chi connectivity index (χ2v) is 8.45. The summed E-state index contributed by atoms with van der Waals surface area (Å²) >= 11 is 0. The zero-order valence-electron chi connectivity index (χ0n) is 15.4. The van der Waals surface area contributed by atoms with Gasteiger partial charge >= 0.3 is 0 Å². The van der Waals surface area contributed by atoms with Crippen LogP contribution in [0.1, 0.15) is 24.5 Å². The third kappa shape index (κ3) is 4.74. The Kier molecular flexibility index (Phi) is 5.94. The van der Waals surface area contributed by atoms with E-state index in [0.717, 1.165) is 24.1 Å². The average molecular weight is 388 g/mol. The van der Waals surface area contributed by atoms with E-state index in [2.05, 4.69) is 18.3 Å². The molecule has 1 heterocycles. The van der Waals surface area contributed by atoms with Gasteiger partial charge in [-0.2, -0.15) is 0 Å². The fourth-order valence-electron chi connectivity index (χ4n) is 3.46. The van der Waals surface area contributed by atoms with Crippen LogP contribution >= 0.6 is 0 Å². The maximum atomic E-state index is 12.6. The van der Waals surface area contributed by atoms with Gasteiger partial charge in [0.05, 0.1) is 4.90 Å². The summed E-state index contributed by atoms with van der Waals surface area (Å²) in [4.78, 5) is 14.6. The first kappa shape index (κ1) is 19.5. The molecule has 1 unspecified atom stereocenters. The predicted molar refractivity (Wildman–Crippen MR) is 106 cm³/mol. The highest BCUT2D eigenvalue weighted by atomic mass is 32.2. The molecule has 1 aliphatic rings. The quantitative estimate of drug-likeness (QED) is 0.709. The van der Waals surface area contributed by atoms with Gasteiger partial charge in [-0.1, -0.05) is 30.3 Å². The van der Waals surface area contributed by atoms with Gasteiger partial charge in [0.2, 0.25) is 15.9 Å². The Morgan fingerprint density at radius 1 is 1.15 bits per heavy atom. The van der Waals surface area contributed by atoms with E-state index < -0.39 is 10.0 Å². The van der Waals surface area contributed by atoms with E-state index >= 15 is 0 Å². The number of rotatable bonds is 7. The van der Waals surface area contributed by atoms with Crippen molar-refractivity contribution in [1.82, 2.24) is 5.32 Å². The normalized spacial score (nSPS) is 16.4. The second kappa shape index (κ2) is 8.21. The molecule has 1 amide bonds. The fraction of sp³-hybridized carbons (Fsp3) is 0.350. The van der Waals surface area contributed by atoms with Crippen LogP contribution < -0.4 is 15.4 Å². The molecule has 0 spiro atoms.